The molecule has 1 atom stereocenters. The third-order valence-electron chi connectivity index (χ3n) is 6.67. The van der Waals surface area contributed by atoms with Crippen LogP contribution in [0.15, 0.2) is 41.8 Å². The highest BCUT2D eigenvalue weighted by Crippen LogP contribution is 2.34. The highest BCUT2D eigenvalue weighted by molar-refractivity contribution is 7.14. The third kappa shape index (κ3) is 4.77. The molecule has 188 valence electrons. The normalized spacial score (nSPS) is 15.6. The highest BCUT2D eigenvalue weighted by Gasteiger charge is 2.26. The van der Waals surface area contributed by atoms with Crippen molar-refractivity contribution < 1.29 is 13.9 Å². The van der Waals surface area contributed by atoms with Gasteiger partial charge in [-0.15, -0.1) is 16.4 Å². The van der Waals surface area contributed by atoms with Crippen LogP contribution >= 0.6 is 11.3 Å². The summed E-state index contributed by atoms with van der Waals surface area (Å²) in [6.07, 6.45) is 3.06. The van der Waals surface area contributed by atoms with Crippen molar-refractivity contribution in [1.29, 1.82) is 0 Å². The van der Waals surface area contributed by atoms with Crippen molar-refractivity contribution >= 4 is 39.7 Å². The number of thiazole rings is 1. The van der Waals surface area contributed by atoms with Crippen molar-refractivity contribution in [2.75, 3.05) is 37.0 Å². The first-order valence-electron chi connectivity index (χ1n) is 12.1. The largest absolute Gasteiger partial charge is 0.469 e. The number of rotatable bonds is 8. The molecule has 1 aliphatic heterocycles. The van der Waals surface area contributed by atoms with Gasteiger partial charge in [-0.25, -0.2) is 14.4 Å². The minimum absolute atomic E-state index is 0.157. The Kier molecular flexibility index (Phi) is 6.86. The lowest BCUT2D eigenvalue weighted by Gasteiger charge is -2.19. The lowest BCUT2D eigenvalue weighted by molar-refractivity contribution is -0.140. The summed E-state index contributed by atoms with van der Waals surface area (Å²) in [6.45, 7) is 3.85. The molecule has 0 aliphatic carbocycles. The van der Waals surface area contributed by atoms with Crippen LogP contribution in [-0.2, 0) is 16.0 Å². The van der Waals surface area contributed by atoms with E-state index in [-0.39, 0.29) is 11.8 Å². The summed E-state index contributed by atoms with van der Waals surface area (Å²) < 4.78 is 20.0. The van der Waals surface area contributed by atoms with Crippen LogP contribution in [0.2, 0.25) is 0 Å². The number of benzene rings is 1. The van der Waals surface area contributed by atoms with E-state index in [2.05, 4.69) is 11.8 Å². The van der Waals surface area contributed by atoms with Crippen LogP contribution in [0.3, 0.4) is 0 Å². The van der Waals surface area contributed by atoms with Crippen molar-refractivity contribution in [1.82, 2.24) is 19.6 Å². The van der Waals surface area contributed by atoms with E-state index in [0.29, 0.717) is 12.3 Å². The number of imidazole rings is 1. The zero-order chi connectivity index (χ0) is 25.2. The predicted octanol–water partition coefficient (Wildman–Crippen LogP) is 5.10. The van der Waals surface area contributed by atoms with E-state index in [1.54, 1.807) is 12.1 Å². The van der Waals surface area contributed by atoms with Gasteiger partial charge >= 0.3 is 5.97 Å². The van der Waals surface area contributed by atoms with Gasteiger partial charge < -0.3 is 14.5 Å². The molecular formula is C26H29FN6O2S. The number of aromatic nitrogens is 4. The molecule has 0 radical (unpaired) electrons. The topological polar surface area (TPSA) is 75.9 Å². The molecule has 1 saturated heterocycles. The molecule has 1 fully saturated rings. The summed E-state index contributed by atoms with van der Waals surface area (Å²) >= 11 is 1.53. The fourth-order valence-corrected chi connectivity index (χ4v) is 5.46. The standard InChI is InChI=1S/C26H29FN6O2S/c1-4-20-25(31(2)26-29-21(16-36-26)18-6-8-19(27)9-7-18)33-22(28-20)10-11-23(30-33)32-14-13-17(15-32)5-12-24(34)35-3/h6-11,16-17H,4-5,12-15H2,1-3H3. The molecule has 4 aromatic rings. The molecule has 10 heteroatoms. The molecule has 0 amide bonds. The number of carbonyl (C=O) groups excluding carboxylic acids is 1. The summed E-state index contributed by atoms with van der Waals surface area (Å²) in [5, 5.41) is 7.76. The zero-order valence-electron chi connectivity index (χ0n) is 20.6. The Bertz CT molecular complexity index is 1370. The summed E-state index contributed by atoms with van der Waals surface area (Å²) in [7, 11) is 3.41. The van der Waals surface area contributed by atoms with Crippen molar-refractivity contribution in [2.24, 2.45) is 5.92 Å². The zero-order valence-corrected chi connectivity index (χ0v) is 21.5. The third-order valence-corrected chi connectivity index (χ3v) is 7.59. The minimum atomic E-state index is -0.265. The van der Waals surface area contributed by atoms with Crippen molar-refractivity contribution in [2.45, 2.75) is 32.6 Å². The van der Waals surface area contributed by atoms with Crippen LogP contribution in [0.25, 0.3) is 16.9 Å². The average Bonchev–Trinajstić information content (AvgIpc) is 3.65. The maximum atomic E-state index is 13.3. The molecule has 0 spiro atoms. The van der Waals surface area contributed by atoms with E-state index in [0.717, 1.165) is 71.7 Å². The van der Waals surface area contributed by atoms with Crippen molar-refractivity contribution in [3.05, 3.63) is 53.3 Å². The van der Waals surface area contributed by atoms with Gasteiger partial charge in [0.2, 0.25) is 0 Å². The number of hydrogen-bond donors (Lipinski definition) is 0. The molecule has 1 unspecified atom stereocenters. The Morgan fingerprint density at radius 3 is 2.78 bits per heavy atom. The summed E-state index contributed by atoms with van der Waals surface area (Å²) in [5.41, 5.74) is 3.40. The van der Waals surface area contributed by atoms with E-state index >= 15 is 0 Å². The van der Waals surface area contributed by atoms with Crippen LogP contribution in [0.1, 0.15) is 31.9 Å². The number of aryl methyl sites for hydroxylation is 1. The smallest absolute Gasteiger partial charge is 0.305 e. The van der Waals surface area contributed by atoms with E-state index < -0.39 is 0 Å². The monoisotopic (exact) mass is 508 g/mol. The van der Waals surface area contributed by atoms with Crippen LogP contribution < -0.4 is 9.80 Å². The van der Waals surface area contributed by atoms with Gasteiger partial charge in [-0.05, 0) is 61.6 Å². The Hall–Kier alpha value is -3.53. The van der Waals surface area contributed by atoms with E-state index in [9.17, 15) is 9.18 Å². The molecule has 0 N–H and O–H groups in total. The van der Waals surface area contributed by atoms with Crippen molar-refractivity contribution in [3.8, 4) is 11.3 Å². The molecule has 8 nitrogen and oxygen atoms in total. The first-order valence-corrected chi connectivity index (χ1v) is 13.0. The molecule has 36 heavy (non-hydrogen) atoms. The minimum Gasteiger partial charge on any atom is -0.469 e. The van der Waals surface area contributed by atoms with Crippen molar-refractivity contribution in [3.63, 3.8) is 0 Å². The number of hydrogen-bond acceptors (Lipinski definition) is 8. The fourth-order valence-electron chi connectivity index (χ4n) is 4.66. The van der Waals surface area contributed by atoms with Crippen LogP contribution in [-0.4, -0.2) is 52.8 Å². The summed E-state index contributed by atoms with van der Waals surface area (Å²) in [6, 6.07) is 10.4. The lowest BCUT2D eigenvalue weighted by Crippen LogP contribution is -2.22. The Balaban J connectivity index is 1.41. The maximum Gasteiger partial charge on any atom is 0.305 e. The SMILES string of the molecule is CCc1nc2ccc(N3CCC(CCC(=O)OC)C3)nn2c1N(C)c1nc(-c2ccc(F)cc2)cs1. The van der Waals surface area contributed by atoms with E-state index in [1.807, 2.05) is 34.0 Å². The molecule has 1 aromatic carbocycles. The number of ether oxygens (including phenoxy) is 1. The summed E-state index contributed by atoms with van der Waals surface area (Å²) in [4.78, 5) is 25.4. The van der Waals surface area contributed by atoms with Crippen LogP contribution in [0.5, 0.6) is 0 Å². The van der Waals surface area contributed by atoms with Crippen LogP contribution in [0, 0.1) is 11.7 Å². The number of carbonyl (C=O) groups is 1. The van der Waals surface area contributed by atoms with Crippen LogP contribution in [0.4, 0.5) is 21.2 Å². The first-order chi connectivity index (χ1) is 17.5. The lowest BCUT2D eigenvalue weighted by atomic mass is 10.0. The Morgan fingerprint density at radius 2 is 2.03 bits per heavy atom. The molecule has 3 aromatic heterocycles. The van der Waals surface area contributed by atoms with Gasteiger partial charge in [-0.1, -0.05) is 6.92 Å². The molecule has 5 rings (SSSR count). The summed E-state index contributed by atoms with van der Waals surface area (Å²) in [5.74, 6) is 1.80. The Morgan fingerprint density at radius 1 is 1.22 bits per heavy atom. The molecule has 4 heterocycles. The molecule has 1 aliphatic rings. The number of fused-ring (bicyclic) bond motifs is 1. The molecule has 0 bridgehead atoms. The second-order valence-corrected chi connectivity index (χ2v) is 9.83. The first kappa shape index (κ1) is 24.2. The average molecular weight is 509 g/mol. The van der Waals surface area contributed by atoms with Gasteiger partial charge in [-0.2, -0.15) is 4.52 Å². The maximum absolute atomic E-state index is 13.3. The predicted molar refractivity (Wildman–Crippen MR) is 140 cm³/mol. The van der Waals surface area contributed by atoms with Gasteiger partial charge in [0.05, 0.1) is 18.5 Å². The van der Waals surface area contributed by atoms with E-state index in [4.69, 9.17) is 19.8 Å². The number of halogens is 1. The number of anilines is 3. The molecule has 0 saturated carbocycles. The second kappa shape index (κ2) is 10.2. The van der Waals surface area contributed by atoms with Gasteiger partial charge in [0.25, 0.3) is 0 Å². The fraction of sp³-hybridized carbons (Fsp3) is 0.385. The van der Waals surface area contributed by atoms with Gasteiger partial charge in [0.1, 0.15) is 11.6 Å². The number of esters is 1. The van der Waals surface area contributed by atoms with E-state index in [1.165, 1.54) is 30.6 Å². The highest BCUT2D eigenvalue weighted by atomic mass is 32.1. The Labute approximate surface area is 213 Å². The van der Waals surface area contributed by atoms with Gasteiger partial charge in [0, 0.05) is 37.5 Å². The molecular weight excluding hydrogens is 479 g/mol. The second-order valence-electron chi connectivity index (χ2n) is 8.99. The number of nitrogens with zero attached hydrogens (tertiary/aromatic N) is 6. The van der Waals surface area contributed by atoms with Gasteiger partial charge in [-0.3, -0.25) is 4.79 Å². The number of methoxy groups -OCH3 is 1. The quantitative estimate of drug-likeness (QED) is 0.307. The van der Waals surface area contributed by atoms with Gasteiger partial charge in [0.15, 0.2) is 16.6 Å².